The molecule has 1 amide bonds. The number of rotatable bonds is 2. The van der Waals surface area contributed by atoms with Crippen molar-refractivity contribution in [2.75, 3.05) is 17.7 Å². The number of nitrogen functional groups attached to an aromatic ring is 1. The molecule has 0 aliphatic carbocycles. The van der Waals surface area contributed by atoms with Crippen LogP contribution < -0.4 is 15.8 Å². The maximum Gasteiger partial charge on any atom is 0.360 e. The second-order valence-electron chi connectivity index (χ2n) is 4.07. The van der Waals surface area contributed by atoms with E-state index < -0.39 is 17.5 Å². The molecule has 1 aliphatic rings. The zero-order valence-electron chi connectivity index (χ0n) is 10.1. The van der Waals surface area contributed by atoms with Crippen LogP contribution in [0, 0.1) is 0 Å². The first-order chi connectivity index (χ1) is 8.47. The summed E-state index contributed by atoms with van der Waals surface area (Å²) in [5, 5.41) is 2.59. The van der Waals surface area contributed by atoms with Crippen LogP contribution >= 0.6 is 0 Å². The first-order valence-corrected chi connectivity index (χ1v) is 5.54. The van der Waals surface area contributed by atoms with Crippen molar-refractivity contribution in [1.82, 2.24) is 0 Å². The summed E-state index contributed by atoms with van der Waals surface area (Å²) in [7, 11) is 0. The minimum atomic E-state index is -1.67. The van der Waals surface area contributed by atoms with Gasteiger partial charge in [0.1, 0.15) is 5.75 Å². The zero-order chi connectivity index (χ0) is 13.3. The lowest BCUT2D eigenvalue weighted by molar-refractivity contribution is -0.164. The summed E-state index contributed by atoms with van der Waals surface area (Å²) in [4.78, 5) is 23.7. The Kier molecular flexibility index (Phi) is 2.86. The van der Waals surface area contributed by atoms with E-state index >= 15 is 0 Å². The van der Waals surface area contributed by atoms with E-state index in [1.54, 1.807) is 25.1 Å². The Bertz CT molecular complexity index is 515. The molecule has 0 spiro atoms. The second-order valence-corrected chi connectivity index (χ2v) is 4.07. The van der Waals surface area contributed by atoms with Crippen LogP contribution in [0.25, 0.3) is 0 Å². The smallest absolute Gasteiger partial charge is 0.360 e. The summed E-state index contributed by atoms with van der Waals surface area (Å²) in [5.41, 5.74) is 4.88. The SMILES string of the molecule is CCOC(=O)C1(C)Oc2ccc(N)cc2NC1=O. The lowest BCUT2D eigenvalue weighted by Crippen LogP contribution is -2.55. The normalized spacial score (nSPS) is 21.6. The Morgan fingerprint density at radius 2 is 2.28 bits per heavy atom. The molecule has 1 heterocycles. The number of benzene rings is 1. The van der Waals surface area contributed by atoms with Crippen LogP contribution in [-0.2, 0) is 14.3 Å². The minimum absolute atomic E-state index is 0.180. The Balaban J connectivity index is 2.36. The number of ether oxygens (including phenoxy) is 2. The van der Waals surface area contributed by atoms with E-state index in [-0.39, 0.29) is 6.61 Å². The highest BCUT2D eigenvalue weighted by atomic mass is 16.6. The van der Waals surface area contributed by atoms with Crippen molar-refractivity contribution >= 4 is 23.3 Å². The fourth-order valence-corrected chi connectivity index (χ4v) is 1.65. The molecule has 1 aromatic rings. The van der Waals surface area contributed by atoms with Gasteiger partial charge < -0.3 is 20.5 Å². The fraction of sp³-hybridized carbons (Fsp3) is 0.333. The number of nitrogens with one attached hydrogen (secondary N) is 1. The maximum absolute atomic E-state index is 11.9. The van der Waals surface area contributed by atoms with Crippen molar-refractivity contribution in [1.29, 1.82) is 0 Å². The number of hydrogen-bond donors (Lipinski definition) is 2. The van der Waals surface area contributed by atoms with Crippen molar-refractivity contribution in [3.05, 3.63) is 18.2 Å². The third kappa shape index (κ3) is 1.85. The third-order valence-electron chi connectivity index (χ3n) is 2.66. The van der Waals surface area contributed by atoms with E-state index in [2.05, 4.69) is 5.32 Å². The van der Waals surface area contributed by atoms with Crippen LogP contribution in [0.4, 0.5) is 11.4 Å². The van der Waals surface area contributed by atoms with E-state index in [0.29, 0.717) is 17.1 Å². The van der Waals surface area contributed by atoms with Crippen molar-refractivity contribution in [3.8, 4) is 5.75 Å². The van der Waals surface area contributed by atoms with Gasteiger partial charge in [0.2, 0.25) is 0 Å². The van der Waals surface area contributed by atoms with Gasteiger partial charge in [-0.2, -0.15) is 0 Å². The number of carbonyl (C=O) groups is 2. The van der Waals surface area contributed by atoms with Gasteiger partial charge in [-0.15, -0.1) is 0 Å². The third-order valence-corrected chi connectivity index (χ3v) is 2.66. The molecule has 0 fully saturated rings. The van der Waals surface area contributed by atoms with Gasteiger partial charge in [-0.05, 0) is 32.0 Å². The van der Waals surface area contributed by atoms with Crippen molar-refractivity contribution < 1.29 is 19.1 Å². The van der Waals surface area contributed by atoms with Crippen LogP contribution in [0.2, 0.25) is 0 Å². The molecule has 0 saturated carbocycles. The Hall–Kier alpha value is -2.24. The molecular weight excluding hydrogens is 236 g/mol. The average Bonchev–Trinajstić information content (AvgIpc) is 2.31. The zero-order valence-corrected chi connectivity index (χ0v) is 10.1. The molecule has 0 bridgehead atoms. The number of anilines is 2. The quantitative estimate of drug-likeness (QED) is 0.462. The fourth-order valence-electron chi connectivity index (χ4n) is 1.65. The first kappa shape index (κ1) is 12.2. The van der Waals surface area contributed by atoms with Crippen LogP contribution in [-0.4, -0.2) is 24.1 Å². The summed E-state index contributed by atoms with van der Waals surface area (Å²) in [6.45, 7) is 3.22. The summed E-state index contributed by atoms with van der Waals surface area (Å²) in [6.07, 6.45) is 0. The van der Waals surface area contributed by atoms with E-state index in [9.17, 15) is 9.59 Å². The number of carbonyl (C=O) groups excluding carboxylic acids is 2. The predicted octanol–water partition coefficient (Wildman–Crippen LogP) is 0.921. The molecule has 1 aromatic carbocycles. The molecule has 1 unspecified atom stereocenters. The molecule has 96 valence electrons. The minimum Gasteiger partial charge on any atom is -0.464 e. The molecule has 0 aromatic heterocycles. The molecule has 1 atom stereocenters. The molecule has 18 heavy (non-hydrogen) atoms. The van der Waals surface area contributed by atoms with E-state index in [1.807, 2.05) is 0 Å². The monoisotopic (exact) mass is 250 g/mol. The molecule has 0 saturated heterocycles. The summed E-state index contributed by atoms with van der Waals surface area (Å²) in [5.74, 6) is -0.900. The van der Waals surface area contributed by atoms with Gasteiger partial charge in [-0.3, -0.25) is 4.79 Å². The van der Waals surface area contributed by atoms with Crippen LogP contribution in [0.1, 0.15) is 13.8 Å². The van der Waals surface area contributed by atoms with Gasteiger partial charge in [-0.1, -0.05) is 0 Å². The summed E-state index contributed by atoms with van der Waals surface area (Å²) < 4.78 is 10.3. The number of esters is 1. The molecular formula is C12H14N2O4. The predicted molar refractivity (Wildman–Crippen MR) is 65.2 cm³/mol. The number of amides is 1. The van der Waals surface area contributed by atoms with Gasteiger partial charge >= 0.3 is 5.97 Å². The molecule has 6 heteroatoms. The van der Waals surface area contributed by atoms with E-state index in [0.717, 1.165) is 0 Å². The highest BCUT2D eigenvalue weighted by Crippen LogP contribution is 2.35. The van der Waals surface area contributed by atoms with Gasteiger partial charge in [0.25, 0.3) is 11.5 Å². The van der Waals surface area contributed by atoms with Gasteiger partial charge in [0.15, 0.2) is 0 Å². The van der Waals surface area contributed by atoms with Crippen molar-refractivity contribution in [2.45, 2.75) is 19.4 Å². The standard InChI is InChI=1S/C12H14N2O4/c1-3-17-11(16)12(2)10(15)14-8-6-7(13)4-5-9(8)18-12/h4-6H,3,13H2,1-2H3,(H,14,15). The number of hydrogen-bond acceptors (Lipinski definition) is 5. The number of nitrogens with two attached hydrogens (primary N) is 1. The largest absolute Gasteiger partial charge is 0.464 e. The molecule has 2 rings (SSSR count). The molecule has 0 radical (unpaired) electrons. The first-order valence-electron chi connectivity index (χ1n) is 5.54. The van der Waals surface area contributed by atoms with E-state index in [4.69, 9.17) is 15.2 Å². The number of fused-ring (bicyclic) bond motifs is 1. The molecule has 3 N–H and O–H groups in total. The van der Waals surface area contributed by atoms with Gasteiger partial charge in [0, 0.05) is 5.69 Å². The van der Waals surface area contributed by atoms with Gasteiger partial charge in [0.05, 0.1) is 12.3 Å². The Labute approximate surface area is 104 Å². The molecule has 1 aliphatic heterocycles. The average molecular weight is 250 g/mol. The molecule has 6 nitrogen and oxygen atoms in total. The Morgan fingerprint density at radius 3 is 2.94 bits per heavy atom. The highest BCUT2D eigenvalue weighted by molar-refractivity contribution is 6.14. The summed E-state index contributed by atoms with van der Waals surface area (Å²) >= 11 is 0. The van der Waals surface area contributed by atoms with Gasteiger partial charge in [-0.25, -0.2) is 4.79 Å². The maximum atomic E-state index is 11.9. The second kappa shape index (κ2) is 4.21. The van der Waals surface area contributed by atoms with Crippen LogP contribution in [0.15, 0.2) is 18.2 Å². The summed E-state index contributed by atoms with van der Waals surface area (Å²) in [6, 6.07) is 4.79. The highest BCUT2D eigenvalue weighted by Gasteiger charge is 2.48. The van der Waals surface area contributed by atoms with Crippen molar-refractivity contribution in [2.24, 2.45) is 0 Å². The lowest BCUT2D eigenvalue weighted by atomic mass is 10.0. The van der Waals surface area contributed by atoms with Crippen LogP contribution in [0.3, 0.4) is 0 Å². The van der Waals surface area contributed by atoms with E-state index in [1.165, 1.54) is 6.92 Å². The lowest BCUT2D eigenvalue weighted by Gasteiger charge is -2.32. The van der Waals surface area contributed by atoms with Crippen molar-refractivity contribution in [3.63, 3.8) is 0 Å². The van der Waals surface area contributed by atoms with Crippen LogP contribution in [0.5, 0.6) is 5.75 Å². The Morgan fingerprint density at radius 1 is 1.56 bits per heavy atom. The topological polar surface area (TPSA) is 90.7 Å².